The minimum absolute atomic E-state index is 0.135. The zero-order chi connectivity index (χ0) is 35.9. The molecule has 12 nitrogen and oxygen atoms in total. The molecule has 254 valence electrons. The van der Waals surface area contributed by atoms with Crippen LogP contribution in [0.15, 0.2) is 17.5 Å². The molecule has 0 spiro atoms. The third kappa shape index (κ3) is 18.3. The summed E-state index contributed by atoms with van der Waals surface area (Å²) in [4.78, 5) is 29.8. The smallest absolute Gasteiger partial charge is 0.449 e. The zero-order valence-corrected chi connectivity index (χ0v) is 23.3. The van der Waals surface area contributed by atoms with Crippen molar-refractivity contribution in [3.05, 3.63) is 34.9 Å². The Kier molecular flexibility index (Phi) is 18.5. The Bertz CT molecular complexity index is 1210. The summed E-state index contributed by atoms with van der Waals surface area (Å²) >= 11 is 0. The molecule has 0 radical (unpaired) electrons. The molecule has 0 aliphatic rings. The number of hydrogen-bond acceptors (Lipinski definition) is 9. The Morgan fingerprint density at radius 1 is 0.841 bits per heavy atom. The molecular formula is C20H26F12N8O4. The van der Waals surface area contributed by atoms with E-state index in [4.69, 9.17) is 5.11 Å². The first kappa shape index (κ1) is 44.2. The SMILES string of the molecule is CC(=O)C(F)(F)F.CNN.CNN=C(C)C(F)(F)F.Cn1cc(C(=O)O)c(C(F)(F)F)n1.Cn1cc(C=O)c(C(F)(F)F)n1. The first-order valence-electron chi connectivity index (χ1n) is 10.7. The molecule has 2 rings (SSSR count). The maximum Gasteiger partial charge on any atom is 0.449 e. The second kappa shape index (κ2) is 18.4. The van der Waals surface area contributed by atoms with Gasteiger partial charge in [-0.2, -0.15) is 68.0 Å². The second-order valence-electron chi connectivity index (χ2n) is 7.35. The molecule has 0 unspecified atom stereocenters. The number of alkyl halides is 12. The summed E-state index contributed by atoms with van der Waals surface area (Å²) in [6.45, 7) is 1.39. The van der Waals surface area contributed by atoms with Gasteiger partial charge in [-0.15, -0.1) is 0 Å². The highest BCUT2D eigenvalue weighted by Crippen LogP contribution is 2.30. The van der Waals surface area contributed by atoms with Crippen molar-refractivity contribution in [1.29, 1.82) is 0 Å². The number of nitrogens with two attached hydrogens (primary N) is 1. The van der Waals surface area contributed by atoms with Crippen LogP contribution in [0.3, 0.4) is 0 Å². The van der Waals surface area contributed by atoms with Crippen molar-refractivity contribution in [2.45, 2.75) is 38.6 Å². The number of aromatic nitrogens is 4. The summed E-state index contributed by atoms with van der Waals surface area (Å²) in [6, 6.07) is 0. The quantitative estimate of drug-likeness (QED) is 0.125. The Morgan fingerprint density at radius 2 is 1.20 bits per heavy atom. The Labute approximate surface area is 239 Å². The van der Waals surface area contributed by atoms with Gasteiger partial charge in [0.1, 0.15) is 11.3 Å². The van der Waals surface area contributed by atoms with Crippen LogP contribution in [0.4, 0.5) is 52.7 Å². The van der Waals surface area contributed by atoms with E-state index < -0.39 is 64.7 Å². The summed E-state index contributed by atoms with van der Waals surface area (Å²) < 4.78 is 141. The molecule has 2 aromatic rings. The number of Topliss-reactive ketones (excluding diaryl/α,β-unsaturated/α-hetero) is 1. The third-order valence-electron chi connectivity index (χ3n) is 3.67. The fourth-order valence-corrected chi connectivity index (χ4v) is 1.90. The van der Waals surface area contributed by atoms with Crippen LogP contribution in [-0.2, 0) is 31.2 Å². The number of hydrazone groups is 1. The van der Waals surface area contributed by atoms with Crippen molar-refractivity contribution in [1.82, 2.24) is 30.4 Å². The van der Waals surface area contributed by atoms with Gasteiger partial charge in [0.25, 0.3) is 0 Å². The van der Waals surface area contributed by atoms with Crippen molar-refractivity contribution >= 4 is 23.8 Å². The van der Waals surface area contributed by atoms with Crippen LogP contribution in [0.2, 0.25) is 0 Å². The van der Waals surface area contributed by atoms with E-state index in [2.05, 4.69) is 26.6 Å². The summed E-state index contributed by atoms with van der Waals surface area (Å²) in [5, 5.41) is 17.5. The Morgan fingerprint density at radius 3 is 1.41 bits per heavy atom. The van der Waals surface area contributed by atoms with E-state index >= 15 is 0 Å². The van der Waals surface area contributed by atoms with Gasteiger partial charge >= 0.3 is 30.7 Å². The fraction of sp³-hybridized carbons (Fsp3) is 0.500. The highest BCUT2D eigenvalue weighted by atomic mass is 19.4. The molecule has 0 fully saturated rings. The monoisotopic (exact) mass is 670 g/mol. The van der Waals surface area contributed by atoms with Crippen molar-refractivity contribution in [2.24, 2.45) is 25.0 Å². The first-order valence-corrected chi connectivity index (χ1v) is 10.7. The van der Waals surface area contributed by atoms with E-state index in [0.29, 0.717) is 6.92 Å². The molecule has 0 saturated heterocycles. The van der Waals surface area contributed by atoms with E-state index in [1.54, 1.807) is 7.05 Å². The number of hydrazine groups is 1. The van der Waals surface area contributed by atoms with Crippen LogP contribution in [0.25, 0.3) is 0 Å². The second-order valence-corrected chi connectivity index (χ2v) is 7.35. The van der Waals surface area contributed by atoms with Gasteiger partial charge in [-0.05, 0) is 14.0 Å². The number of rotatable bonds is 3. The number of hydrogen-bond donors (Lipinski definition) is 4. The van der Waals surface area contributed by atoms with E-state index in [-0.39, 0.29) is 6.29 Å². The van der Waals surface area contributed by atoms with Crippen LogP contribution in [0.1, 0.15) is 46.0 Å². The van der Waals surface area contributed by atoms with E-state index in [0.717, 1.165) is 28.7 Å². The average molecular weight is 670 g/mol. The number of carboxylic acid groups (broad SMARTS) is 1. The topological polar surface area (TPSA) is 170 Å². The highest BCUT2D eigenvalue weighted by Gasteiger charge is 2.39. The summed E-state index contributed by atoms with van der Waals surface area (Å²) in [5.41, 5.74) is -0.368. The number of aldehydes is 1. The number of carboxylic acids is 1. The average Bonchev–Trinajstić information content (AvgIpc) is 3.42. The number of nitrogens with zero attached hydrogens (tertiary/aromatic N) is 5. The van der Waals surface area contributed by atoms with Crippen molar-refractivity contribution < 1.29 is 72.2 Å². The number of aromatic carboxylic acids is 1. The summed E-state index contributed by atoms with van der Waals surface area (Å²) in [6.07, 6.45) is -16.3. The molecular weight excluding hydrogens is 644 g/mol. The molecule has 0 bridgehead atoms. The van der Waals surface area contributed by atoms with Gasteiger partial charge in [0.2, 0.25) is 5.78 Å². The van der Waals surface area contributed by atoms with E-state index in [9.17, 15) is 67.1 Å². The van der Waals surface area contributed by atoms with Gasteiger partial charge in [0.05, 0.1) is 5.56 Å². The molecule has 5 N–H and O–H groups in total. The minimum Gasteiger partial charge on any atom is -0.478 e. The van der Waals surface area contributed by atoms with Gasteiger partial charge < -0.3 is 10.5 Å². The molecule has 0 aromatic carbocycles. The van der Waals surface area contributed by atoms with Crippen LogP contribution in [0, 0.1) is 0 Å². The summed E-state index contributed by atoms with van der Waals surface area (Å²) in [5.74, 6) is 1.20. The van der Waals surface area contributed by atoms with Gasteiger partial charge in [-0.3, -0.25) is 30.2 Å². The predicted octanol–water partition coefficient (Wildman–Crippen LogP) is 3.75. The number of nitrogens with one attached hydrogen (secondary N) is 2. The Balaban J connectivity index is -0.000000506. The van der Waals surface area contributed by atoms with Crippen molar-refractivity contribution in [3.8, 4) is 0 Å². The largest absolute Gasteiger partial charge is 0.478 e. The molecule has 2 heterocycles. The van der Waals surface area contributed by atoms with Crippen molar-refractivity contribution in [2.75, 3.05) is 14.1 Å². The molecule has 0 saturated carbocycles. The maximum atomic E-state index is 12.1. The standard InChI is InChI=1S/C6H5F3N2O2.C6H5F3N2O.C4H7F3N2.C3H3F3O.CH6N2/c1-11-2-3(5(12)13)4(10-11)6(7,8)9;1-11-2-4(3-12)5(10-11)6(7,8)9;1-3(9-8-2)4(5,6)7;1-2(7)3(4,5)6;1-3-2/h2H,1H3,(H,12,13);2-3H,1H3;8H,1-2H3;1H3;3H,2H2,1H3. The number of ketones is 1. The molecule has 0 aliphatic heterocycles. The van der Waals surface area contributed by atoms with Crippen LogP contribution in [-0.4, -0.2) is 74.9 Å². The predicted molar refractivity (Wildman–Crippen MR) is 127 cm³/mol. The minimum atomic E-state index is -4.73. The van der Waals surface area contributed by atoms with Crippen LogP contribution >= 0.6 is 0 Å². The lowest BCUT2D eigenvalue weighted by atomic mass is 10.2. The van der Waals surface area contributed by atoms with Crippen LogP contribution < -0.4 is 16.7 Å². The molecule has 0 amide bonds. The molecule has 2 aromatic heterocycles. The number of aryl methyl sites for hydroxylation is 2. The fourth-order valence-electron chi connectivity index (χ4n) is 1.90. The number of carbonyl (C=O) groups excluding carboxylic acids is 2. The van der Waals surface area contributed by atoms with E-state index in [1.807, 2.05) is 5.43 Å². The van der Waals surface area contributed by atoms with Gasteiger partial charge in [-0.25, -0.2) is 4.79 Å². The normalized spacial score (nSPS) is 11.7. The van der Waals surface area contributed by atoms with Crippen LogP contribution in [0.5, 0.6) is 0 Å². The maximum absolute atomic E-state index is 12.1. The molecule has 0 atom stereocenters. The zero-order valence-electron chi connectivity index (χ0n) is 23.3. The number of halogens is 12. The first-order chi connectivity index (χ1) is 19.6. The van der Waals surface area contributed by atoms with E-state index in [1.165, 1.54) is 21.1 Å². The lowest BCUT2D eigenvalue weighted by Crippen LogP contribution is -2.21. The van der Waals surface area contributed by atoms with Gasteiger partial charge in [0.15, 0.2) is 17.7 Å². The molecule has 24 heteroatoms. The third-order valence-corrected chi connectivity index (χ3v) is 3.67. The summed E-state index contributed by atoms with van der Waals surface area (Å²) in [7, 11) is 5.51. The van der Waals surface area contributed by atoms with Gasteiger partial charge in [-0.1, -0.05) is 0 Å². The lowest BCUT2D eigenvalue weighted by molar-refractivity contribution is -0.168. The molecule has 44 heavy (non-hydrogen) atoms. The lowest BCUT2D eigenvalue weighted by Gasteiger charge is -2.03. The Hall–Kier alpha value is -4.22. The van der Waals surface area contributed by atoms with Crippen molar-refractivity contribution in [3.63, 3.8) is 0 Å². The molecule has 0 aliphatic carbocycles. The highest BCUT2D eigenvalue weighted by molar-refractivity contribution is 5.88. The van der Waals surface area contributed by atoms with Gasteiger partial charge in [0, 0.05) is 40.5 Å². The number of carbonyl (C=O) groups is 3.